The first-order valence-corrected chi connectivity index (χ1v) is 5.80. The molecule has 2 N–H and O–H groups in total. The second-order valence-corrected chi connectivity index (χ2v) is 4.15. The molecule has 1 aliphatic heterocycles. The van der Waals surface area contributed by atoms with E-state index in [-0.39, 0.29) is 6.10 Å². The Morgan fingerprint density at radius 1 is 1.44 bits per heavy atom. The minimum absolute atomic E-state index is 0.0885. The first kappa shape index (κ1) is 13.9. The SMILES string of the molecule is COCCOCCNCC1(O)CCOC1C. The summed E-state index contributed by atoms with van der Waals surface area (Å²) in [6, 6.07) is 0. The van der Waals surface area contributed by atoms with Crippen molar-refractivity contribution < 1.29 is 19.3 Å². The molecule has 0 saturated carbocycles. The third kappa shape index (κ3) is 4.35. The highest BCUT2D eigenvalue weighted by Gasteiger charge is 2.38. The van der Waals surface area contributed by atoms with Crippen LogP contribution >= 0.6 is 0 Å². The first-order valence-electron chi connectivity index (χ1n) is 5.80. The molecule has 1 aliphatic rings. The standard InChI is InChI=1S/C11H23NO4/c1-10-11(13,3-5-16-10)9-12-4-6-15-8-7-14-2/h10,12-13H,3-9H2,1-2H3. The lowest BCUT2D eigenvalue weighted by atomic mass is 9.97. The average Bonchev–Trinajstić information content (AvgIpc) is 2.59. The first-order chi connectivity index (χ1) is 7.69. The number of ether oxygens (including phenoxy) is 3. The molecule has 0 aromatic carbocycles. The number of nitrogens with one attached hydrogen (secondary N) is 1. The molecule has 0 amide bonds. The van der Waals surface area contributed by atoms with E-state index < -0.39 is 5.60 Å². The quantitative estimate of drug-likeness (QED) is 0.568. The Balaban J connectivity index is 1.98. The number of rotatable bonds is 8. The van der Waals surface area contributed by atoms with Crippen molar-refractivity contribution in [3.63, 3.8) is 0 Å². The molecule has 0 bridgehead atoms. The van der Waals surface area contributed by atoms with Crippen molar-refractivity contribution in [1.82, 2.24) is 5.32 Å². The maximum absolute atomic E-state index is 10.2. The van der Waals surface area contributed by atoms with E-state index in [1.54, 1.807) is 7.11 Å². The highest BCUT2D eigenvalue weighted by Crippen LogP contribution is 2.24. The van der Waals surface area contributed by atoms with Crippen LogP contribution in [-0.2, 0) is 14.2 Å². The maximum atomic E-state index is 10.2. The van der Waals surface area contributed by atoms with Gasteiger partial charge < -0.3 is 24.6 Å². The van der Waals surface area contributed by atoms with E-state index in [0.29, 0.717) is 39.4 Å². The Bertz CT molecular complexity index is 191. The summed E-state index contributed by atoms with van der Waals surface area (Å²) in [7, 11) is 1.65. The second kappa shape index (κ2) is 7.19. The van der Waals surface area contributed by atoms with E-state index in [0.717, 1.165) is 6.54 Å². The highest BCUT2D eigenvalue weighted by atomic mass is 16.5. The largest absolute Gasteiger partial charge is 0.386 e. The summed E-state index contributed by atoms with van der Waals surface area (Å²) in [5.41, 5.74) is -0.716. The zero-order valence-electron chi connectivity index (χ0n) is 10.2. The van der Waals surface area contributed by atoms with Crippen LogP contribution < -0.4 is 5.32 Å². The third-order valence-electron chi connectivity index (χ3n) is 2.95. The van der Waals surface area contributed by atoms with Crippen LogP contribution in [-0.4, -0.2) is 63.4 Å². The van der Waals surface area contributed by atoms with Gasteiger partial charge in [-0.1, -0.05) is 0 Å². The molecule has 1 heterocycles. The van der Waals surface area contributed by atoms with Crippen LogP contribution in [0.3, 0.4) is 0 Å². The van der Waals surface area contributed by atoms with E-state index >= 15 is 0 Å². The minimum Gasteiger partial charge on any atom is -0.386 e. The van der Waals surface area contributed by atoms with Crippen molar-refractivity contribution in [1.29, 1.82) is 0 Å². The smallest absolute Gasteiger partial charge is 0.105 e. The van der Waals surface area contributed by atoms with Gasteiger partial charge in [-0.3, -0.25) is 0 Å². The van der Waals surface area contributed by atoms with Crippen LogP contribution in [0.4, 0.5) is 0 Å². The van der Waals surface area contributed by atoms with Gasteiger partial charge in [0, 0.05) is 33.2 Å². The van der Waals surface area contributed by atoms with Crippen molar-refractivity contribution in [3.05, 3.63) is 0 Å². The van der Waals surface area contributed by atoms with Crippen LogP contribution in [0.2, 0.25) is 0 Å². The molecule has 0 aliphatic carbocycles. The lowest BCUT2D eigenvalue weighted by Crippen LogP contribution is -2.46. The minimum atomic E-state index is -0.716. The van der Waals surface area contributed by atoms with E-state index in [1.165, 1.54) is 0 Å². The summed E-state index contributed by atoms with van der Waals surface area (Å²) in [6.07, 6.45) is 0.612. The van der Waals surface area contributed by atoms with Gasteiger partial charge in [0.2, 0.25) is 0 Å². The summed E-state index contributed by atoms with van der Waals surface area (Å²) in [4.78, 5) is 0. The lowest BCUT2D eigenvalue weighted by molar-refractivity contribution is -0.0271. The molecular weight excluding hydrogens is 210 g/mol. The predicted octanol–water partition coefficient (Wildman–Crippen LogP) is -0.221. The summed E-state index contributed by atoms with van der Waals surface area (Å²) in [5.74, 6) is 0. The lowest BCUT2D eigenvalue weighted by Gasteiger charge is -2.26. The van der Waals surface area contributed by atoms with Gasteiger partial charge >= 0.3 is 0 Å². The van der Waals surface area contributed by atoms with Crippen molar-refractivity contribution in [3.8, 4) is 0 Å². The molecule has 2 atom stereocenters. The monoisotopic (exact) mass is 233 g/mol. The molecule has 1 saturated heterocycles. The van der Waals surface area contributed by atoms with Crippen LogP contribution in [0.5, 0.6) is 0 Å². The predicted molar refractivity (Wildman–Crippen MR) is 60.5 cm³/mol. The number of hydrogen-bond acceptors (Lipinski definition) is 5. The van der Waals surface area contributed by atoms with E-state index in [2.05, 4.69) is 5.32 Å². The fourth-order valence-corrected chi connectivity index (χ4v) is 1.70. The summed E-state index contributed by atoms with van der Waals surface area (Å²) >= 11 is 0. The van der Waals surface area contributed by atoms with Crippen molar-refractivity contribution >= 4 is 0 Å². The molecule has 5 heteroatoms. The molecule has 16 heavy (non-hydrogen) atoms. The zero-order valence-corrected chi connectivity index (χ0v) is 10.2. The number of hydrogen-bond donors (Lipinski definition) is 2. The maximum Gasteiger partial charge on any atom is 0.105 e. The topological polar surface area (TPSA) is 60.0 Å². The average molecular weight is 233 g/mol. The molecule has 1 rings (SSSR count). The Morgan fingerprint density at radius 3 is 2.88 bits per heavy atom. The van der Waals surface area contributed by atoms with E-state index in [1.807, 2.05) is 6.92 Å². The molecule has 5 nitrogen and oxygen atoms in total. The van der Waals surface area contributed by atoms with Crippen molar-refractivity contribution in [2.75, 3.05) is 46.6 Å². The molecule has 0 aromatic rings. The molecule has 0 aromatic heterocycles. The van der Waals surface area contributed by atoms with Gasteiger partial charge in [-0.2, -0.15) is 0 Å². The Morgan fingerprint density at radius 2 is 2.25 bits per heavy atom. The van der Waals surface area contributed by atoms with Gasteiger partial charge in [0.15, 0.2) is 0 Å². The van der Waals surface area contributed by atoms with Crippen LogP contribution in [0, 0.1) is 0 Å². The molecule has 1 fully saturated rings. The third-order valence-corrected chi connectivity index (χ3v) is 2.95. The molecule has 0 spiro atoms. The molecule has 0 radical (unpaired) electrons. The number of methoxy groups -OCH3 is 1. The normalized spacial score (nSPS) is 29.8. The number of aliphatic hydroxyl groups is 1. The molecule has 96 valence electrons. The van der Waals surface area contributed by atoms with Gasteiger partial charge in [0.25, 0.3) is 0 Å². The van der Waals surface area contributed by atoms with E-state index in [9.17, 15) is 5.11 Å². The van der Waals surface area contributed by atoms with Gasteiger partial charge in [-0.15, -0.1) is 0 Å². The summed E-state index contributed by atoms with van der Waals surface area (Å²) in [5, 5.41) is 13.3. The van der Waals surface area contributed by atoms with Crippen LogP contribution in [0.1, 0.15) is 13.3 Å². The van der Waals surface area contributed by atoms with E-state index in [4.69, 9.17) is 14.2 Å². The Kier molecular flexibility index (Phi) is 6.23. The van der Waals surface area contributed by atoms with Crippen molar-refractivity contribution in [2.24, 2.45) is 0 Å². The highest BCUT2D eigenvalue weighted by molar-refractivity contribution is 4.91. The van der Waals surface area contributed by atoms with Gasteiger partial charge in [0.05, 0.1) is 25.9 Å². The van der Waals surface area contributed by atoms with Crippen molar-refractivity contribution in [2.45, 2.75) is 25.0 Å². The summed E-state index contributed by atoms with van der Waals surface area (Å²) in [6.45, 7) is 5.71. The summed E-state index contributed by atoms with van der Waals surface area (Å²) < 4.78 is 15.5. The van der Waals surface area contributed by atoms with Crippen LogP contribution in [0.25, 0.3) is 0 Å². The van der Waals surface area contributed by atoms with Gasteiger partial charge in [-0.05, 0) is 6.92 Å². The Hall–Kier alpha value is -0.200. The zero-order chi connectivity index (χ0) is 11.9. The molecule has 2 unspecified atom stereocenters. The van der Waals surface area contributed by atoms with Gasteiger partial charge in [0.1, 0.15) is 5.60 Å². The fourth-order valence-electron chi connectivity index (χ4n) is 1.70. The fraction of sp³-hybridized carbons (Fsp3) is 1.00. The van der Waals surface area contributed by atoms with Gasteiger partial charge in [-0.25, -0.2) is 0 Å². The Labute approximate surface area is 97.1 Å². The van der Waals surface area contributed by atoms with Crippen LogP contribution in [0.15, 0.2) is 0 Å². The molecular formula is C11H23NO4. The second-order valence-electron chi connectivity index (χ2n) is 4.15.